The van der Waals surface area contributed by atoms with Crippen LogP contribution in [-0.4, -0.2) is 101 Å². The minimum Gasteiger partial charge on any atom is -0.478 e. The van der Waals surface area contributed by atoms with E-state index in [1.165, 1.54) is 4.90 Å². The van der Waals surface area contributed by atoms with Crippen molar-refractivity contribution in [3.05, 3.63) is 83.0 Å². The summed E-state index contributed by atoms with van der Waals surface area (Å²) < 4.78 is 47.5. The number of ether oxygens (including phenoxy) is 2. The number of hydrogen-bond acceptors (Lipinski definition) is 11. The van der Waals surface area contributed by atoms with Gasteiger partial charge in [0, 0.05) is 54.5 Å². The Morgan fingerprint density at radius 3 is 2.07 bits per heavy atom. The van der Waals surface area contributed by atoms with Gasteiger partial charge in [-0.05, 0) is 114 Å². The molecule has 5 N–H and O–H groups in total. The number of nitrogens with zero attached hydrogens (tertiary/aromatic N) is 4. The number of anilines is 1. The summed E-state index contributed by atoms with van der Waals surface area (Å²) in [5.41, 5.74) is 9.21. The van der Waals surface area contributed by atoms with Gasteiger partial charge >= 0.3 is 24.0 Å². The second-order valence-electron chi connectivity index (χ2n) is 15.8. The molecule has 2 aromatic heterocycles. The van der Waals surface area contributed by atoms with Crippen LogP contribution in [-0.2, 0) is 25.5 Å². The van der Waals surface area contributed by atoms with Crippen LogP contribution in [0.1, 0.15) is 58.4 Å². The highest BCUT2D eigenvalue weighted by Gasteiger charge is 2.38. The number of alkyl halides is 3. The Hall–Kier alpha value is -6.24. The molecule has 2 aromatic carbocycles. The Morgan fingerprint density at radius 2 is 1.56 bits per heavy atom. The number of pyridine rings is 1. The topological polar surface area (TPSA) is 223 Å². The van der Waals surface area contributed by atoms with E-state index in [2.05, 4.69) is 29.9 Å². The Morgan fingerprint density at radius 1 is 0.951 bits per heavy atom. The van der Waals surface area contributed by atoms with Gasteiger partial charge in [0.2, 0.25) is 17.7 Å². The normalized spacial score (nSPS) is 15.8. The van der Waals surface area contributed by atoms with E-state index in [1.54, 1.807) is 30.5 Å². The maximum absolute atomic E-state index is 14.4. The first-order valence-corrected chi connectivity index (χ1v) is 19.6. The molecule has 5 rings (SSSR count). The van der Waals surface area contributed by atoms with Gasteiger partial charge in [-0.2, -0.15) is 13.2 Å². The van der Waals surface area contributed by atoms with E-state index in [1.807, 2.05) is 71.3 Å². The molecule has 1 atom stereocenters. The van der Waals surface area contributed by atoms with Gasteiger partial charge in [0.25, 0.3) is 0 Å². The number of carbonyl (C=O) groups is 4. The fraction of sp³-hybridized carbons (Fsp3) is 0.452. The second-order valence-corrected chi connectivity index (χ2v) is 15.8. The van der Waals surface area contributed by atoms with Crippen molar-refractivity contribution in [3.63, 3.8) is 0 Å². The maximum Gasteiger partial charge on any atom is 0.490 e. The highest BCUT2D eigenvalue weighted by atomic mass is 19.4. The molecule has 16 nitrogen and oxygen atoms in total. The fourth-order valence-corrected chi connectivity index (χ4v) is 6.52. The quantitative estimate of drug-likeness (QED) is 0.104. The van der Waals surface area contributed by atoms with Crippen LogP contribution < -0.4 is 26.4 Å². The minimum atomic E-state index is -5.08. The van der Waals surface area contributed by atoms with E-state index in [9.17, 15) is 32.3 Å². The lowest BCUT2D eigenvalue weighted by molar-refractivity contribution is -0.192. The summed E-state index contributed by atoms with van der Waals surface area (Å²) in [6.07, 6.45) is -0.0758. The Bertz CT molecular complexity index is 2110. The number of rotatable bonds is 15. The van der Waals surface area contributed by atoms with Crippen LogP contribution in [0.5, 0.6) is 5.88 Å². The van der Waals surface area contributed by atoms with Crippen LogP contribution in [0.4, 0.5) is 23.7 Å². The predicted octanol–water partition coefficient (Wildman–Crippen LogP) is 5.82. The Labute approximate surface area is 350 Å². The lowest BCUT2D eigenvalue weighted by Crippen LogP contribution is -2.52. The van der Waals surface area contributed by atoms with Crippen molar-refractivity contribution < 1.29 is 51.5 Å². The number of primary amides is 1. The molecule has 0 unspecified atom stereocenters. The lowest BCUT2D eigenvalue weighted by Gasteiger charge is -2.36. The van der Waals surface area contributed by atoms with Crippen molar-refractivity contribution in [2.24, 2.45) is 17.6 Å². The molecular formula is C42H52F3N7O9. The number of aromatic amines is 1. The van der Waals surface area contributed by atoms with Gasteiger partial charge in [-0.15, -0.1) is 0 Å². The molecule has 4 aromatic rings. The first-order valence-electron chi connectivity index (χ1n) is 19.6. The number of alkyl carbamates (subject to hydrolysis) is 1. The number of carboxylic acid groups (broad SMARTS) is 1. The molecule has 0 spiro atoms. The molecule has 3 amide bonds. The van der Waals surface area contributed by atoms with Gasteiger partial charge < -0.3 is 30.5 Å². The van der Waals surface area contributed by atoms with Crippen molar-refractivity contribution in [2.45, 2.75) is 77.1 Å². The molecular weight excluding hydrogens is 803 g/mol. The fourth-order valence-electron chi connectivity index (χ4n) is 6.52. The molecule has 1 aliphatic rings. The highest BCUT2D eigenvalue weighted by Crippen LogP contribution is 2.33. The number of carboxylic acids is 1. The Kier molecular flexibility index (Phi) is 16.6. The largest absolute Gasteiger partial charge is 0.490 e. The van der Waals surface area contributed by atoms with Crippen LogP contribution in [0.15, 0.2) is 76.2 Å². The van der Waals surface area contributed by atoms with Gasteiger partial charge in [0.15, 0.2) is 5.82 Å². The van der Waals surface area contributed by atoms with Crippen molar-refractivity contribution in [2.75, 3.05) is 38.7 Å². The summed E-state index contributed by atoms with van der Waals surface area (Å²) in [6, 6.07) is 17.4. The molecule has 0 bridgehead atoms. The molecule has 0 radical (unpaired) electrons. The number of H-pyrrole nitrogens is 1. The minimum absolute atomic E-state index is 0.187. The van der Waals surface area contributed by atoms with E-state index < -0.39 is 41.5 Å². The number of nitrogens with two attached hydrogens (primary N) is 1. The van der Waals surface area contributed by atoms with Gasteiger partial charge in [0.1, 0.15) is 11.6 Å². The molecule has 19 heteroatoms. The highest BCUT2D eigenvalue weighted by molar-refractivity contribution is 6.01. The number of aromatic nitrogens is 3. The van der Waals surface area contributed by atoms with E-state index in [0.717, 1.165) is 42.5 Å². The summed E-state index contributed by atoms with van der Waals surface area (Å²) >= 11 is 0. The summed E-state index contributed by atoms with van der Waals surface area (Å²) in [7, 11) is 4.05. The summed E-state index contributed by atoms with van der Waals surface area (Å²) in [4.78, 5) is 70.9. The van der Waals surface area contributed by atoms with Gasteiger partial charge in [0.05, 0.1) is 6.61 Å². The number of aliphatic carboxylic acids is 1. The van der Waals surface area contributed by atoms with E-state index in [-0.39, 0.29) is 30.0 Å². The molecule has 0 aliphatic heterocycles. The third-order valence-electron chi connectivity index (χ3n) is 9.56. The molecule has 0 saturated heterocycles. The van der Waals surface area contributed by atoms with E-state index in [4.69, 9.17) is 25.1 Å². The van der Waals surface area contributed by atoms with Crippen LogP contribution in [0, 0.1) is 11.8 Å². The standard InChI is InChI=1S/C40H51N7O7.C2HF3O2/c1-40(2,3)53-38(50)43-24-27-9-13-30(14-10-27)37(49)47(32-18-15-29(16-19-32)36-44-39(51)54-45-36)33(35(41)48)23-26-7-11-28(12-8-26)31-17-20-34(42-25-31)52-22-6-21-46(4)5;3-2(4,5)1(6)7/h7-8,11-12,15-20,25,27,30,33H,6,9-10,13-14,21-24H2,1-5H3,(H2,41,48)(H,43,50)(H,44,45,51);(H,6,7)/t27-,30-,33-;/m0./s1. The second kappa shape index (κ2) is 21.3. The number of carbonyl (C=O) groups excluding carboxylic acids is 3. The third-order valence-corrected chi connectivity index (χ3v) is 9.56. The first-order chi connectivity index (χ1) is 28.7. The zero-order valence-electron chi connectivity index (χ0n) is 34.7. The zero-order chi connectivity index (χ0) is 44.9. The van der Waals surface area contributed by atoms with Crippen molar-refractivity contribution in [3.8, 4) is 28.4 Å². The van der Waals surface area contributed by atoms with Gasteiger partial charge in [-0.1, -0.05) is 29.4 Å². The average molecular weight is 856 g/mol. The van der Waals surface area contributed by atoms with Gasteiger partial charge in [-0.25, -0.2) is 19.4 Å². The number of hydrogen-bond donors (Lipinski definition) is 4. The molecule has 1 aliphatic carbocycles. The number of benzene rings is 2. The van der Waals surface area contributed by atoms with Crippen molar-refractivity contribution >= 4 is 29.6 Å². The van der Waals surface area contributed by atoms with Crippen LogP contribution >= 0.6 is 0 Å². The van der Waals surface area contributed by atoms with Gasteiger partial charge in [-0.3, -0.25) is 24.0 Å². The predicted molar refractivity (Wildman–Crippen MR) is 218 cm³/mol. The number of nitrogens with one attached hydrogen (secondary N) is 2. The van der Waals surface area contributed by atoms with Crippen molar-refractivity contribution in [1.29, 1.82) is 0 Å². The number of amides is 3. The zero-order valence-corrected chi connectivity index (χ0v) is 34.7. The monoisotopic (exact) mass is 855 g/mol. The Balaban J connectivity index is 0.00000107. The maximum atomic E-state index is 14.4. The number of halogens is 3. The van der Waals surface area contributed by atoms with Crippen molar-refractivity contribution in [1.82, 2.24) is 25.3 Å². The summed E-state index contributed by atoms with van der Waals surface area (Å²) in [5, 5.41) is 13.7. The summed E-state index contributed by atoms with van der Waals surface area (Å²) in [5.74, 6) is -3.64. The lowest BCUT2D eigenvalue weighted by atomic mass is 9.81. The SMILES string of the molecule is CN(C)CCCOc1ccc(-c2ccc(C[C@@H](C(N)=O)N(c3ccc(-c4noc(=O)[nH]4)cc3)C(=O)[C@H]3CC[C@H](CNC(=O)OC(C)(C)C)CC3)cc2)cn1.O=C(O)C(F)(F)F. The van der Waals surface area contributed by atoms with Crippen LogP contribution in [0.2, 0.25) is 0 Å². The first kappa shape index (κ1) is 47.4. The third kappa shape index (κ3) is 15.1. The molecule has 1 saturated carbocycles. The smallest absolute Gasteiger partial charge is 0.478 e. The van der Waals surface area contributed by atoms with Crippen LogP contribution in [0.3, 0.4) is 0 Å². The van der Waals surface area contributed by atoms with E-state index in [0.29, 0.717) is 43.1 Å². The van der Waals surface area contributed by atoms with Crippen LogP contribution in [0.25, 0.3) is 22.5 Å². The summed E-state index contributed by atoms with van der Waals surface area (Å²) in [6.45, 7) is 7.42. The molecule has 330 valence electrons. The molecule has 1 fully saturated rings. The average Bonchev–Trinajstić information content (AvgIpc) is 3.64. The molecule has 61 heavy (non-hydrogen) atoms. The molecule has 2 heterocycles. The van der Waals surface area contributed by atoms with E-state index >= 15 is 0 Å².